The van der Waals surface area contributed by atoms with Crippen LogP contribution in [0.5, 0.6) is 0 Å². The normalized spacial score (nSPS) is 20.5. The Morgan fingerprint density at radius 3 is 2.42 bits per heavy atom. The second-order valence-corrected chi connectivity index (χ2v) is 6.78. The molecule has 0 spiro atoms. The van der Waals surface area contributed by atoms with E-state index in [0.717, 1.165) is 18.5 Å². The predicted molar refractivity (Wildman–Crippen MR) is 78.5 cm³/mol. The van der Waals surface area contributed by atoms with Crippen LogP contribution >= 0.6 is 11.3 Å². The summed E-state index contributed by atoms with van der Waals surface area (Å²) in [5.74, 6) is 0. The number of fused-ring (bicyclic) bond motifs is 1. The van der Waals surface area contributed by atoms with Crippen LogP contribution in [0.4, 0.5) is 0 Å². The quantitative estimate of drug-likeness (QED) is 0.926. The molecule has 2 nitrogen and oxygen atoms in total. The van der Waals surface area contributed by atoms with Crippen molar-refractivity contribution in [2.75, 3.05) is 0 Å². The lowest BCUT2D eigenvalue weighted by Crippen LogP contribution is -2.44. The van der Waals surface area contributed by atoms with Crippen LogP contribution in [-0.4, -0.2) is 11.0 Å². The molecule has 1 N–H and O–H groups in total. The molecule has 0 radical (unpaired) electrons. The van der Waals surface area contributed by atoms with Gasteiger partial charge < -0.3 is 5.32 Å². The van der Waals surface area contributed by atoms with E-state index >= 15 is 0 Å². The Bertz CT molecular complexity index is 588. The highest BCUT2D eigenvalue weighted by Gasteiger charge is 2.44. The fourth-order valence-electron chi connectivity index (χ4n) is 3.12. The number of aryl methyl sites for hydroxylation is 1. The van der Waals surface area contributed by atoms with Gasteiger partial charge in [0.15, 0.2) is 0 Å². The van der Waals surface area contributed by atoms with Gasteiger partial charge in [0, 0.05) is 17.1 Å². The third-order valence-corrected chi connectivity index (χ3v) is 5.35. The third kappa shape index (κ3) is 2.01. The molecule has 1 aromatic heterocycles. The van der Waals surface area contributed by atoms with Crippen molar-refractivity contribution in [3.63, 3.8) is 0 Å². The molecule has 2 aliphatic carbocycles. The summed E-state index contributed by atoms with van der Waals surface area (Å²) in [5.41, 5.74) is 4.18. The first kappa shape index (κ1) is 11.6. The zero-order chi connectivity index (χ0) is 12.9. The highest BCUT2D eigenvalue weighted by Crippen LogP contribution is 2.41. The molecule has 19 heavy (non-hydrogen) atoms. The number of nitrogens with zero attached hydrogens (tertiary/aromatic N) is 1. The van der Waals surface area contributed by atoms with Crippen molar-refractivity contribution in [2.24, 2.45) is 0 Å². The van der Waals surface area contributed by atoms with Crippen LogP contribution in [0.25, 0.3) is 0 Å². The molecule has 0 aliphatic heterocycles. The molecule has 1 aromatic carbocycles. The van der Waals surface area contributed by atoms with Gasteiger partial charge >= 0.3 is 0 Å². The maximum atomic E-state index is 4.78. The van der Waals surface area contributed by atoms with E-state index in [0.29, 0.717) is 6.04 Å². The van der Waals surface area contributed by atoms with Crippen LogP contribution in [0.1, 0.15) is 34.7 Å². The fourth-order valence-corrected chi connectivity index (χ4v) is 4.08. The van der Waals surface area contributed by atoms with Crippen molar-refractivity contribution in [1.82, 2.24) is 10.3 Å². The largest absolute Gasteiger partial charge is 0.302 e. The Morgan fingerprint density at radius 1 is 1.21 bits per heavy atom. The molecule has 4 rings (SSSR count). The molecular formula is C16H18N2S. The molecule has 0 bridgehead atoms. The number of thiazole rings is 1. The Balaban J connectivity index is 1.74. The summed E-state index contributed by atoms with van der Waals surface area (Å²) in [6.07, 6.45) is 4.82. The van der Waals surface area contributed by atoms with E-state index in [4.69, 9.17) is 4.98 Å². The van der Waals surface area contributed by atoms with Crippen molar-refractivity contribution >= 4 is 11.3 Å². The lowest BCUT2D eigenvalue weighted by molar-refractivity contribution is 0.343. The van der Waals surface area contributed by atoms with E-state index in [1.54, 1.807) is 0 Å². The summed E-state index contributed by atoms with van der Waals surface area (Å²) in [6, 6.07) is 9.55. The van der Waals surface area contributed by atoms with Crippen LogP contribution in [-0.2, 0) is 18.4 Å². The van der Waals surface area contributed by atoms with E-state index in [1.807, 2.05) is 11.3 Å². The van der Waals surface area contributed by atoms with Gasteiger partial charge in [0.25, 0.3) is 0 Å². The molecular weight excluding hydrogens is 252 g/mol. The standard InChI is InChI=1S/C16H18N2S/c1-11-10-19-15(17-11)16(18-14-6-7-14)8-12-4-2-3-5-13(12)9-16/h2-5,10,14,18H,6-9H2,1H3. The van der Waals surface area contributed by atoms with Crippen molar-refractivity contribution in [3.05, 3.63) is 51.5 Å². The SMILES string of the molecule is Cc1csc(C2(NC3CC3)Cc3ccccc3C2)n1. The van der Waals surface area contributed by atoms with E-state index < -0.39 is 0 Å². The van der Waals surface area contributed by atoms with Gasteiger partial charge in [-0.05, 0) is 43.7 Å². The lowest BCUT2D eigenvalue weighted by Gasteiger charge is -2.28. The Kier molecular flexibility index (Phi) is 2.54. The van der Waals surface area contributed by atoms with Crippen LogP contribution in [0.3, 0.4) is 0 Å². The topological polar surface area (TPSA) is 24.9 Å². The van der Waals surface area contributed by atoms with Crippen LogP contribution < -0.4 is 5.32 Å². The highest BCUT2D eigenvalue weighted by atomic mass is 32.1. The van der Waals surface area contributed by atoms with E-state index in [2.05, 4.69) is 41.9 Å². The number of hydrogen-bond donors (Lipinski definition) is 1. The first-order chi connectivity index (χ1) is 9.25. The Labute approximate surface area is 117 Å². The maximum absolute atomic E-state index is 4.78. The van der Waals surface area contributed by atoms with Crippen LogP contribution in [0.2, 0.25) is 0 Å². The molecule has 1 saturated carbocycles. The summed E-state index contributed by atoms with van der Waals surface area (Å²) in [5, 5.41) is 7.34. The fraction of sp³-hybridized carbons (Fsp3) is 0.438. The smallest absolute Gasteiger partial charge is 0.114 e. The van der Waals surface area contributed by atoms with Crippen molar-refractivity contribution in [2.45, 2.75) is 44.2 Å². The van der Waals surface area contributed by atoms with Gasteiger partial charge in [0.1, 0.15) is 5.01 Å². The molecule has 0 saturated heterocycles. The highest BCUT2D eigenvalue weighted by molar-refractivity contribution is 7.09. The number of hydrogen-bond acceptors (Lipinski definition) is 3. The number of benzene rings is 1. The van der Waals surface area contributed by atoms with Crippen molar-refractivity contribution < 1.29 is 0 Å². The minimum absolute atomic E-state index is 0.0593. The molecule has 0 amide bonds. The molecule has 0 unspecified atom stereocenters. The van der Waals surface area contributed by atoms with Crippen LogP contribution in [0, 0.1) is 6.92 Å². The average Bonchev–Trinajstić information content (AvgIpc) is 2.96. The number of rotatable bonds is 3. The molecule has 3 heteroatoms. The molecule has 2 aromatic rings. The van der Waals surface area contributed by atoms with Gasteiger partial charge in [0.2, 0.25) is 0 Å². The lowest BCUT2D eigenvalue weighted by atomic mass is 9.96. The summed E-state index contributed by atoms with van der Waals surface area (Å²) >= 11 is 1.81. The minimum Gasteiger partial charge on any atom is -0.302 e. The summed E-state index contributed by atoms with van der Waals surface area (Å²) in [7, 11) is 0. The van der Waals surface area contributed by atoms with Gasteiger partial charge in [-0.15, -0.1) is 11.3 Å². The Morgan fingerprint density at radius 2 is 1.89 bits per heavy atom. The first-order valence-electron chi connectivity index (χ1n) is 7.02. The van der Waals surface area contributed by atoms with Gasteiger partial charge in [0.05, 0.1) is 5.54 Å². The van der Waals surface area contributed by atoms with Gasteiger partial charge in [-0.25, -0.2) is 4.98 Å². The molecule has 1 fully saturated rings. The van der Waals surface area contributed by atoms with Crippen molar-refractivity contribution in [1.29, 1.82) is 0 Å². The first-order valence-corrected chi connectivity index (χ1v) is 7.90. The number of aromatic nitrogens is 1. The zero-order valence-corrected chi connectivity index (χ0v) is 12.0. The molecule has 98 valence electrons. The van der Waals surface area contributed by atoms with E-state index in [-0.39, 0.29) is 5.54 Å². The van der Waals surface area contributed by atoms with E-state index in [9.17, 15) is 0 Å². The second-order valence-electron chi connectivity index (χ2n) is 5.92. The Hall–Kier alpha value is -1.19. The summed E-state index contributed by atoms with van der Waals surface area (Å²) < 4.78 is 0. The summed E-state index contributed by atoms with van der Waals surface area (Å²) in [6.45, 7) is 2.09. The monoisotopic (exact) mass is 270 g/mol. The number of nitrogens with one attached hydrogen (secondary N) is 1. The average molecular weight is 270 g/mol. The van der Waals surface area contributed by atoms with Crippen LogP contribution in [0.15, 0.2) is 29.6 Å². The minimum atomic E-state index is 0.0593. The maximum Gasteiger partial charge on any atom is 0.114 e. The summed E-state index contributed by atoms with van der Waals surface area (Å²) in [4.78, 5) is 4.78. The van der Waals surface area contributed by atoms with E-state index in [1.165, 1.54) is 29.0 Å². The van der Waals surface area contributed by atoms with Gasteiger partial charge in [-0.1, -0.05) is 24.3 Å². The molecule has 0 atom stereocenters. The van der Waals surface area contributed by atoms with Gasteiger partial charge in [-0.2, -0.15) is 0 Å². The van der Waals surface area contributed by atoms with Gasteiger partial charge in [-0.3, -0.25) is 0 Å². The second kappa shape index (κ2) is 4.15. The molecule has 2 aliphatic rings. The van der Waals surface area contributed by atoms with Crippen molar-refractivity contribution in [3.8, 4) is 0 Å². The third-order valence-electron chi connectivity index (χ3n) is 4.19. The predicted octanol–water partition coefficient (Wildman–Crippen LogP) is 3.20. The zero-order valence-electron chi connectivity index (χ0n) is 11.1. The molecule has 1 heterocycles.